The zero-order chi connectivity index (χ0) is 25.3. The molecule has 0 saturated heterocycles. The average Bonchev–Trinajstić information content (AvgIpc) is 3.40. The van der Waals surface area contributed by atoms with Crippen LogP contribution in [-0.4, -0.2) is 45.0 Å². The second-order valence-electron chi connectivity index (χ2n) is 13.5. The number of hydrogen-bond donors (Lipinski definition) is 1. The molecule has 6 heteroatoms. The smallest absolute Gasteiger partial charge is 0.157 e. The molecule has 0 radical (unpaired) electrons. The van der Waals surface area contributed by atoms with E-state index in [4.69, 9.17) is 4.74 Å². The first kappa shape index (κ1) is 24.5. The predicted molar refractivity (Wildman–Crippen MR) is 139 cm³/mol. The highest BCUT2D eigenvalue weighted by Gasteiger charge is 2.63. The average molecular weight is 494 g/mol. The van der Waals surface area contributed by atoms with Gasteiger partial charge in [0, 0.05) is 37.4 Å². The molecule has 0 spiro atoms. The molecule has 2 aromatic heterocycles. The Kier molecular flexibility index (Phi) is 5.88. The molecule has 4 saturated carbocycles. The lowest BCUT2D eigenvalue weighted by Crippen LogP contribution is -2.59. The normalized spacial score (nSPS) is 44.1. The molecule has 4 fully saturated rings. The monoisotopic (exact) mass is 493 g/mol. The molecule has 1 N–H and O–H groups in total. The number of aromatic nitrogens is 3. The second kappa shape index (κ2) is 8.62. The van der Waals surface area contributed by atoms with Crippen molar-refractivity contribution >= 4 is 16.7 Å². The summed E-state index contributed by atoms with van der Waals surface area (Å²) in [5.74, 6) is 3.40. The SMILES string of the molecule is COC[C@@H]1C[C@H]2C[C@](C)(O)CC[C@]2(C)[C@H]2CC[C@]3(C)[C@@H](C(=O)Cn4cc5ccncc5n4)CC[C@H]3[C@H]12. The Balaban J connectivity index is 1.26. The third-order valence-electron chi connectivity index (χ3n) is 11.6. The lowest BCUT2D eigenvalue weighted by molar-refractivity contribution is -0.175. The third kappa shape index (κ3) is 3.77. The summed E-state index contributed by atoms with van der Waals surface area (Å²) in [6.45, 7) is 8.15. The van der Waals surface area contributed by atoms with Crippen LogP contribution >= 0.6 is 0 Å². The van der Waals surface area contributed by atoms with E-state index in [-0.39, 0.29) is 11.3 Å². The lowest BCUT2D eigenvalue weighted by Gasteiger charge is -2.64. The fraction of sp³-hybridized carbons (Fsp3) is 0.767. The van der Waals surface area contributed by atoms with Gasteiger partial charge in [-0.15, -0.1) is 0 Å². The molecule has 4 aliphatic carbocycles. The first-order valence-electron chi connectivity index (χ1n) is 14.2. The zero-order valence-corrected chi connectivity index (χ0v) is 22.4. The van der Waals surface area contributed by atoms with E-state index < -0.39 is 5.60 Å². The maximum atomic E-state index is 13.8. The minimum Gasteiger partial charge on any atom is -0.390 e. The highest BCUT2D eigenvalue weighted by atomic mass is 16.5. The van der Waals surface area contributed by atoms with E-state index in [0.717, 1.165) is 62.5 Å². The molecule has 0 bridgehead atoms. The van der Waals surface area contributed by atoms with E-state index >= 15 is 0 Å². The topological polar surface area (TPSA) is 77.2 Å². The molecule has 6 nitrogen and oxygen atoms in total. The molecule has 2 aromatic rings. The van der Waals surface area contributed by atoms with E-state index in [1.807, 2.05) is 31.0 Å². The number of ether oxygens (including phenoxy) is 1. The van der Waals surface area contributed by atoms with Gasteiger partial charge < -0.3 is 9.84 Å². The minimum atomic E-state index is -0.532. The van der Waals surface area contributed by atoms with Crippen LogP contribution in [0.1, 0.15) is 72.1 Å². The highest BCUT2D eigenvalue weighted by Crippen LogP contribution is 2.69. The molecule has 2 heterocycles. The Morgan fingerprint density at radius 2 is 1.94 bits per heavy atom. The number of Topliss-reactive ketones (excluding diaryl/α,β-unsaturated/α-hetero) is 1. The van der Waals surface area contributed by atoms with Gasteiger partial charge in [0.05, 0.1) is 18.3 Å². The molecule has 196 valence electrons. The van der Waals surface area contributed by atoms with Gasteiger partial charge in [0.1, 0.15) is 5.52 Å². The van der Waals surface area contributed by atoms with Crippen LogP contribution in [0.15, 0.2) is 24.7 Å². The molecule has 6 rings (SSSR count). The Labute approximate surface area is 215 Å². The number of nitrogens with zero attached hydrogens (tertiary/aromatic N) is 3. The first-order valence-corrected chi connectivity index (χ1v) is 14.2. The molecule has 0 aromatic carbocycles. The van der Waals surface area contributed by atoms with Crippen LogP contribution in [0.25, 0.3) is 10.9 Å². The second-order valence-corrected chi connectivity index (χ2v) is 13.5. The summed E-state index contributed by atoms with van der Waals surface area (Å²) < 4.78 is 7.64. The van der Waals surface area contributed by atoms with Gasteiger partial charge in [-0.05, 0) is 105 Å². The molecule has 0 amide bonds. The maximum absolute atomic E-state index is 13.8. The van der Waals surface area contributed by atoms with Crippen molar-refractivity contribution in [1.82, 2.24) is 14.8 Å². The number of carbonyl (C=O) groups is 1. The van der Waals surface area contributed by atoms with Gasteiger partial charge in [-0.2, -0.15) is 5.10 Å². The molecular formula is C30H43N3O3. The number of methoxy groups -OCH3 is 1. The summed E-state index contributed by atoms with van der Waals surface area (Å²) in [6.07, 6.45) is 14.1. The van der Waals surface area contributed by atoms with Crippen LogP contribution in [0.4, 0.5) is 0 Å². The van der Waals surface area contributed by atoms with E-state index in [1.54, 1.807) is 12.4 Å². The van der Waals surface area contributed by atoms with E-state index in [9.17, 15) is 9.90 Å². The van der Waals surface area contributed by atoms with Crippen LogP contribution in [0, 0.1) is 46.3 Å². The molecular weight excluding hydrogens is 450 g/mol. The maximum Gasteiger partial charge on any atom is 0.157 e. The van der Waals surface area contributed by atoms with Crippen molar-refractivity contribution < 1.29 is 14.6 Å². The van der Waals surface area contributed by atoms with Gasteiger partial charge in [-0.1, -0.05) is 13.8 Å². The molecule has 9 atom stereocenters. The van der Waals surface area contributed by atoms with E-state index in [0.29, 0.717) is 47.3 Å². The van der Waals surface area contributed by atoms with Crippen molar-refractivity contribution in [3.63, 3.8) is 0 Å². The summed E-state index contributed by atoms with van der Waals surface area (Å²) in [5, 5.41) is 16.6. The molecule has 4 aliphatic rings. The van der Waals surface area contributed by atoms with Crippen LogP contribution in [0.2, 0.25) is 0 Å². The van der Waals surface area contributed by atoms with Crippen LogP contribution < -0.4 is 0 Å². The van der Waals surface area contributed by atoms with Crippen molar-refractivity contribution in [2.24, 2.45) is 46.3 Å². The van der Waals surface area contributed by atoms with Crippen LogP contribution in [0.3, 0.4) is 0 Å². The summed E-state index contributed by atoms with van der Waals surface area (Å²) >= 11 is 0. The minimum absolute atomic E-state index is 0.0573. The zero-order valence-electron chi connectivity index (χ0n) is 22.4. The predicted octanol–water partition coefficient (Wildman–Crippen LogP) is 5.28. The van der Waals surface area contributed by atoms with Gasteiger partial charge in [0.25, 0.3) is 0 Å². The quantitative estimate of drug-likeness (QED) is 0.613. The van der Waals surface area contributed by atoms with Crippen LogP contribution in [-0.2, 0) is 16.1 Å². The van der Waals surface area contributed by atoms with Crippen molar-refractivity contribution in [2.45, 2.75) is 84.3 Å². The van der Waals surface area contributed by atoms with Gasteiger partial charge >= 0.3 is 0 Å². The Morgan fingerprint density at radius 3 is 2.72 bits per heavy atom. The Morgan fingerprint density at radius 1 is 1.14 bits per heavy atom. The first-order chi connectivity index (χ1) is 17.1. The number of rotatable bonds is 5. The third-order valence-corrected chi connectivity index (χ3v) is 11.6. The van der Waals surface area contributed by atoms with Gasteiger partial charge in [0.15, 0.2) is 5.78 Å². The van der Waals surface area contributed by atoms with E-state index in [1.165, 1.54) is 6.42 Å². The van der Waals surface area contributed by atoms with Crippen molar-refractivity contribution in [2.75, 3.05) is 13.7 Å². The fourth-order valence-electron chi connectivity index (χ4n) is 9.78. The standard InChI is InChI=1S/C30H43N3O3/c1-28(35)10-11-29(2)21(14-28)13-20(18-36-4)27-23-6-5-22(30(23,3)9-7-24(27)29)26(34)17-33-16-19-8-12-31-15-25(19)32-33/h8,12,15-16,20-24,27,35H,5-7,9-11,13-14,17-18H2,1-4H3/t20-,21-,22+,23-,24-,27-,28+,29-,30+/m0/s1. The number of ketones is 1. The largest absolute Gasteiger partial charge is 0.390 e. The van der Waals surface area contributed by atoms with E-state index in [2.05, 4.69) is 23.9 Å². The lowest BCUT2D eigenvalue weighted by atomic mass is 9.42. The number of pyridine rings is 1. The molecule has 0 unspecified atom stereocenters. The number of carbonyl (C=O) groups excluding carboxylic acids is 1. The van der Waals surface area contributed by atoms with Crippen molar-refractivity contribution in [3.8, 4) is 0 Å². The summed E-state index contributed by atoms with van der Waals surface area (Å²) in [7, 11) is 1.84. The highest BCUT2D eigenvalue weighted by molar-refractivity contribution is 5.83. The summed E-state index contributed by atoms with van der Waals surface area (Å²) in [6, 6.07) is 1.95. The fourth-order valence-corrected chi connectivity index (χ4v) is 9.78. The molecule has 0 aliphatic heterocycles. The van der Waals surface area contributed by atoms with Gasteiger partial charge in [0.2, 0.25) is 0 Å². The van der Waals surface area contributed by atoms with Crippen molar-refractivity contribution in [3.05, 3.63) is 24.7 Å². The van der Waals surface area contributed by atoms with Crippen LogP contribution in [0.5, 0.6) is 0 Å². The van der Waals surface area contributed by atoms with Gasteiger partial charge in [-0.3, -0.25) is 14.5 Å². The number of hydrogen-bond acceptors (Lipinski definition) is 5. The van der Waals surface area contributed by atoms with Gasteiger partial charge in [-0.25, -0.2) is 0 Å². The molecule has 36 heavy (non-hydrogen) atoms. The number of fused-ring (bicyclic) bond motifs is 6. The Bertz CT molecular complexity index is 1110. The Hall–Kier alpha value is -1.79. The van der Waals surface area contributed by atoms with Crippen molar-refractivity contribution in [1.29, 1.82) is 0 Å². The summed E-state index contributed by atoms with van der Waals surface area (Å²) in [4.78, 5) is 17.9. The summed E-state index contributed by atoms with van der Waals surface area (Å²) in [5.41, 5.74) is 0.668. The number of aliphatic hydroxyl groups is 1.